The van der Waals surface area contributed by atoms with E-state index in [1.165, 1.54) is 37.5 Å². The van der Waals surface area contributed by atoms with E-state index >= 15 is 0 Å². The Morgan fingerprint density at radius 1 is 1.03 bits per heavy atom. The molecule has 0 aliphatic rings. The Bertz CT molecular complexity index is 1060. The molecule has 3 rings (SSSR count). The number of carbonyl (C=O) groups is 1. The minimum Gasteiger partial charge on any atom is -0.493 e. The average molecular weight is 413 g/mol. The number of methoxy groups -OCH3 is 3. The highest BCUT2D eigenvalue weighted by molar-refractivity contribution is 7.09. The first kappa shape index (κ1) is 20.7. The maximum absolute atomic E-state index is 12.9. The number of carbonyl (C=O) groups excluding carboxylic acids is 1. The van der Waals surface area contributed by atoms with E-state index in [4.69, 9.17) is 14.2 Å². The van der Waals surface area contributed by atoms with Crippen molar-refractivity contribution in [1.82, 2.24) is 4.57 Å². The summed E-state index contributed by atoms with van der Waals surface area (Å²) in [5.74, 6) is 0.900. The van der Waals surface area contributed by atoms with Crippen molar-refractivity contribution in [2.24, 2.45) is 12.0 Å². The van der Waals surface area contributed by atoms with Crippen molar-refractivity contribution in [3.8, 4) is 28.5 Å². The molecular formula is C22H24N2O4S. The van der Waals surface area contributed by atoms with E-state index in [0.717, 1.165) is 17.7 Å². The Kier molecular flexibility index (Phi) is 6.39. The molecule has 7 heteroatoms. The number of aryl methyl sites for hydroxylation is 1. The Balaban J connectivity index is 2.10. The molecule has 1 aromatic heterocycles. The molecule has 0 bridgehead atoms. The molecule has 1 heterocycles. The van der Waals surface area contributed by atoms with Crippen molar-refractivity contribution < 1.29 is 19.0 Å². The van der Waals surface area contributed by atoms with Gasteiger partial charge >= 0.3 is 0 Å². The van der Waals surface area contributed by atoms with E-state index in [2.05, 4.69) is 24.0 Å². The van der Waals surface area contributed by atoms with Crippen molar-refractivity contribution in [2.75, 3.05) is 21.3 Å². The molecule has 152 valence electrons. The number of benzene rings is 2. The van der Waals surface area contributed by atoms with Crippen molar-refractivity contribution >= 4 is 17.2 Å². The van der Waals surface area contributed by atoms with Gasteiger partial charge in [0.15, 0.2) is 16.3 Å². The fourth-order valence-corrected chi connectivity index (χ4v) is 4.23. The van der Waals surface area contributed by atoms with Crippen LogP contribution in [0.5, 0.6) is 17.2 Å². The van der Waals surface area contributed by atoms with Crippen LogP contribution in [0.4, 0.5) is 0 Å². The van der Waals surface area contributed by atoms with Gasteiger partial charge < -0.3 is 18.8 Å². The number of nitrogens with zero attached hydrogens (tertiary/aromatic N) is 2. The van der Waals surface area contributed by atoms with Crippen LogP contribution in [0.2, 0.25) is 0 Å². The number of aromatic nitrogens is 1. The fraction of sp³-hybridized carbons (Fsp3) is 0.273. The second-order valence-electron chi connectivity index (χ2n) is 6.27. The standard InChI is InChI=1S/C22H24N2O4S/c1-6-18-19(14-10-8-7-9-11-14)24(2)22(29-18)23-21(25)15-12-16(26-3)20(28-5)17(13-15)27-4/h7-13H,6H2,1-5H3. The van der Waals surface area contributed by atoms with Crippen molar-refractivity contribution in [2.45, 2.75) is 13.3 Å². The molecule has 0 N–H and O–H groups in total. The van der Waals surface area contributed by atoms with E-state index in [1.54, 1.807) is 12.1 Å². The maximum atomic E-state index is 12.9. The third kappa shape index (κ3) is 4.05. The van der Waals surface area contributed by atoms with Crippen LogP contribution >= 0.6 is 11.3 Å². The van der Waals surface area contributed by atoms with Gasteiger partial charge in [0.2, 0.25) is 5.75 Å². The highest BCUT2D eigenvalue weighted by Crippen LogP contribution is 2.38. The Morgan fingerprint density at radius 3 is 2.17 bits per heavy atom. The first-order chi connectivity index (χ1) is 14.0. The number of thiazole rings is 1. The first-order valence-electron chi connectivity index (χ1n) is 9.17. The zero-order chi connectivity index (χ0) is 21.0. The molecule has 6 nitrogen and oxygen atoms in total. The topological polar surface area (TPSA) is 62.1 Å². The predicted octanol–water partition coefficient (Wildman–Crippen LogP) is 4.08. The van der Waals surface area contributed by atoms with Gasteiger partial charge in [-0.3, -0.25) is 4.79 Å². The molecule has 0 saturated carbocycles. The molecule has 0 aliphatic carbocycles. The molecule has 0 spiro atoms. The summed E-state index contributed by atoms with van der Waals surface area (Å²) >= 11 is 1.52. The van der Waals surface area contributed by atoms with Crippen LogP contribution < -0.4 is 19.0 Å². The zero-order valence-corrected chi connectivity index (χ0v) is 18.0. The number of amides is 1. The summed E-state index contributed by atoms with van der Waals surface area (Å²) in [6, 6.07) is 13.3. The SMILES string of the molecule is CCc1sc(=NC(=O)c2cc(OC)c(OC)c(OC)c2)n(C)c1-c1ccccc1. The summed E-state index contributed by atoms with van der Waals surface area (Å²) in [4.78, 5) is 19.1. The van der Waals surface area contributed by atoms with Crippen molar-refractivity contribution in [3.05, 3.63) is 57.7 Å². The van der Waals surface area contributed by atoms with E-state index in [1.807, 2.05) is 29.8 Å². The summed E-state index contributed by atoms with van der Waals surface area (Å²) in [7, 11) is 6.48. The number of hydrogen-bond acceptors (Lipinski definition) is 5. The lowest BCUT2D eigenvalue weighted by atomic mass is 10.1. The largest absolute Gasteiger partial charge is 0.493 e. The highest BCUT2D eigenvalue weighted by atomic mass is 32.1. The van der Waals surface area contributed by atoms with Gasteiger partial charge in [0.1, 0.15) is 0 Å². The molecule has 0 aliphatic heterocycles. The Hall–Kier alpha value is -3.06. The average Bonchev–Trinajstić information content (AvgIpc) is 3.08. The summed E-state index contributed by atoms with van der Waals surface area (Å²) < 4.78 is 18.0. The van der Waals surface area contributed by atoms with Crippen LogP contribution in [-0.2, 0) is 13.5 Å². The molecule has 2 aromatic carbocycles. The zero-order valence-electron chi connectivity index (χ0n) is 17.2. The number of ether oxygens (including phenoxy) is 3. The van der Waals surface area contributed by atoms with Crippen molar-refractivity contribution in [3.63, 3.8) is 0 Å². The molecule has 3 aromatic rings. The van der Waals surface area contributed by atoms with Crippen molar-refractivity contribution in [1.29, 1.82) is 0 Å². The van der Waals surface area contributed by atoms with E-state index < -0.39 is 0 Å². The second kappa shape index (κ2) is 8.96. The molecule has 1 amide bonds. The smallest absolute Gasteiger partial charge is 0.279 e. The Morgan fingerprint density at radius 2 is 1.66 bits per heavy atom. The fourth-order valence-electron chi connectivity index (χ4n) is 3.15. The second-order valence-corrected chi connectivity index (χ2v) is 7.33. The molecule has 0 fully saturated rings. The van der Waals surface area contributed by atoms with Crippen LogP contribution in [0.15, 0.2) is 47.5 Å². The van der Waals surface area contributed by atoms with Gasteiger partial charge in [-0.2, -0.15) is 4.99 Å². The maximum Gasteiger partial charge on any atom is 0.279 e. The van der Waals surface area contributed by atoms with Gasteiger partial charge in [0.05, 0.1) is 27.0 Å². The quantitative estimate of drug-likeness (QED) is 0.612. The van der Waals surface area contributed by atoms with Gasteiger partial charge in [-0.15, -0.1) is 11.3 Å². The highest BCUT2D eigenvalue weighted by Gasteiger charge is 2.18. The monoisotopic (exact) mass is 412 g/mol. The lowest BCUT2D eigenvalue weighted by Gasteiger charge is -2.12. The van der Waals surface area contributed by atoms with E-state index in [-0.39, 0.29) is 5.91 Å². The number of rotatable bonds is 6. The van der Waals surface area contributed by atoms with E-state index in [0.29, 0.717) is 27.6 Å². The molecule has 0 atom stereocenters. The Labute approximate surface area is 174 Å². The normalized spacial score (nSPS) is 11.4. The first-order valence-corrected chi connectivity index (χ1v) is 9.98. The minimum absolute atomic E-state index is 0.368. The van der Waals surface area contributed by atoms with Crippen LogP contribution in [0.25, 0.3) is 11.3 Å². The molecule has 29 heavy (non-hydrogen) atoms. The number of hydrogen-bond donors (Lipinski definition) is 0. The summed E-state index contributed by atoms with van der Waals surface area (Å²) in [6.07, 6.45) is 0.858. The van der Waals surface area contributed by atoms with E-state index in [9.17, 15) is 4.79 Å². The minimum atomic E-state index is -0.372. The molecule has 0 radical (unpaired) electrons. The lowest BCUT2D eigenvalue weighted by Crippen LogP contribution is -2.14. The van der Waals surface area contributed by atoms with Gasteiger partial charge in [-0.1, -0.05) is 37.3 Å². The molecule has 0 unspecified atom stereocenters. The van der Waals surface area contributed by atoms with Crippen LogP contribution in [0.3, 0.4) is 0 Å². The molecular weight excluding hydrogens is 388 g/mol. The third-order valence-corrected chi connectivity index (χ3v) is 5.85. The summed E-state index contributed by atoms with van der Waals surface area (Å²) in [5.41, 5.74) is 2.55. The van der Waals surface area contributed by atoms with Gasteiger partial charge in [-0.25, -0.2) is 0 Å². The summed E-state index contributed by atoms with van der Waals surface area (Å²) in [5, 5.41) is 0. The molecule has 0 saturated heterocycles. The van der Waals surface area contributed by atoms with Gasteiger partial charge in [0.25, 0.3) is 5.91 Å². The predicted molar refractivity (Wildman–Crippen MR) is 114 cm³/mol. The van der Waals surface area contributed by atoms with Gasteiger partial charge in [-0.05, 0) is 24.1 Å². The van der Waals surface area contributed by atoms with Gasteiger partial charge in [0, 0.05) is 17.5 Å². The third-order valence-electron chi connectivity index (χ3n) is 4.58. The van der Waals surface area contributed by atoms with Crippen LogP contribution in [-0.4, -0.2) is 31.8 Å². The van der Waals surface area contributed by atoms with Crippen LogP contribution in [0.1, 0.15) is 22.2 Å². The van der Waals surface area contributed by atoms with Crippen LogP contribution in [0, 0.1) is 0 Å². The summed E-state index contributed by atoms with van der Waals surface area (Å²) in [6.45, 7) is 2.10. The lowest BCUT2D eigenvalue weighted by molar-refractivity contribution is 0.0997.